The van der Waals surface area contributed by atoms with Gasteiger partial charge in [0, 0.05) is 39.3 Å². The molecule has 0 unspecified atom stereocenters. The fraction of sp³-hybridized carbons (Fsp3) is 0.947. The summed E-state index contributed by atoms with van der Waals surface area (Å²) in [6.45, 7) is 4.81. The standard InChI is InChI=1S/C19H33N3O5S2/c1-3-29(26,27)21-12-8-18(9-13-21)6-7-19(17(23)20-10-4-5-11-20)15-22(14-16(18)19)28(2,24)25/h16H,3-15H2,1-2H3/t16-,19+/m0/s1. The topological polar surface area (TPSA) is 95.1 Å². The van der Waals surface area contributed by atoms with E-state index >= 15 is 0 Å². The third kappa shape index (κ3) is 3.43. The number of amides is 1. The summed E-state index contributed by atoms with van der Waals surface area (Å²) in [5, 5.41) is 0. The molecule has 4 fully saturated rings. The first-order valence-corrected chi connectivity index (χ1v) is 14.2. The van der Waals surface area contributed by atoms with Crippen LogP contribution >= 0.6 is 0 Å². The van der Waals surface area contributed by atoms with Crippen LogP contribution in [0.2, 0.25) is 0 Å². The molecule has 4 rings (SSSR count). The number of carbonyl (C=O) groups is 1. The molecule has 4 aliphatic rings. The molecule has 3 heterocycles. The van der Waals surface area contributed by atoms with E-state index in [4.69, 9.17) is 0 Å². The van der Waals surface area contributed by atoms with Gasteiger partial charge < -0.3 is 4.90 Å². The summed E-state index contributed by atoms with van der Waals surface area (Å²) in [7, 11) is -6.59. The van der Waals surface area contributed by atoms with Gasteiger partial charge in [-0.15, -0.1) is 0 Å². The lowest BCUT2D eigenvalue weighted by atomic mass is 9.66. The SMILES string of the molecule is CCS(=O)(=O)N1CCC2(CC1)CC[C@@]1(C(=O)N3CCCC3)CN(S(C)(=O)=O)C[C@@H]21. The molecule has 166 valence electrons. The second-order valence-corrected chi connectivity index (χ2v) is 13.7. The van der Waals surface area contributed by atoms with Gasteiger partial charge in [0.1, 0.15) is 0 Å². The first kappa shape index (κ1) is 21.5. The molecule has 1 spiro atoms. The lowest BCUT2D eigenvalue weighted by molar-refractivity contribution is -0.142. The minimum Gasteiger partial charge on any atom is -0.342 e. The van der Waals surface area contributed by atoms with E-state index in [1.54, 1.807) is 11.2 Å². The number of fused-ring (bicyclic) bond motifs is 2. The molecule has 1 saturated carbocycles. The predicted octanol–water partition coefficient (Wildman–Crippen LogP) is 0.712. The van der Waals surface area contributed by atoms with Gasteiger partial charge in [-0.2, -0.15) is 0 Å². The van der Waals surface area contributed by atoms with E-state index in [9.17, 15) is 21.6 Å². The number of likely N-dealkylation sites (tertiary alicyclic amines) is 1. The molecule has 0 aromatic rings. The lowest BCUT2D eigenvalue weighted by Crippen LogP contribution is -2.50. The monoisotopic (exact) mass is 447 g/mol. The van der Waals surface area contributed by atoms with E-state index in [1.807, 2.05) is 4.90 Å². The summed E-state index contributed by atoms with van der Waals surface area (Å²) in [4.78, 5) is 15.6. The van der Waals surface area contributed by atoms with Gasteiger partial charge in [-0.25, -0.2) is 25.4 Å². The zero-order chi connectivity index (χ0) is 21.1. The number of rotatable bonds is 4. The Morgan fingerprint density at radius 2 is 1.55 bits per heavy atom. The fourth-order valence-electron chi connectivity index (χ4n) is 6.35. The minimum absolute atomic E-state index is 0.0238. The van der Waals surface area contributed by atoms with Gasteiger partial charge in [-0.1, -0.05) is 0 Å². The van der Waals surface area contributed by atoms with Crippen molar-refractivity contribution in [1.29, 1.82) is 0 Å². The summed E-state index contributed by atoms with van der Waals surface area (Å²) in [6, 6.07) is 0. The molecule has 0 aromatic heterocycles. The molecular weight excluding hydrogens is 414 g/mol. The van der Waals surface area contributed by atoms with Crippen LogP contribution in [-0.4, -0.2) is 87.5 Å². The third-order valence-corrected chi connectivity index (χ3v) is 11.2. The number of hydrogen-bond donors (Lipinski definition) is 0. The maximum absolute atomic E-state index is 13.6. The van der Waals surface area contributed by atoms with E-state index < -0.39 is 25.5 Å². The Hall–Kier alpha value is -0.710. The predicted molar refractivity (Wildman–Crippen MR) is 110 cm³/mol. The highest BCUT2D eigenvalue weighted by Crippen LogP contribution is 2.63. The molecule has 0 radical (unpaired) electrons. The van der Waals surface area contributed by atoms with Crippen molar-refractivity contribution < 1.29 is 21.6 Å². The van der Waals surface area contributed by atoms with Crippen molar-refractivity contribution in [2.24, 2.45) is 16.7 Å². The van der Waals surface area contributed by atoms with Crippen LogP contribution in [0, 0.1) is 16.7 Å². The number of carbonyl (C=O) groups excluding carboxylic acids is 1. The van der Waals surface area contributed by atoms with Crippen molar-refractivity contribution in [1.82, 2.24) is 13.5 Å². The van der Waals surface area contributed by atoms with Crippen LogP contribution in [-0.2, 0) is 24.8 Å². The highest BCUT2D eigenvalue weighted by molar-refractivity contribution is 7.89. The molecular formula is C19H33N3O5S2. The van der Waals surface area contributed by atoms with Gasteiger partial charge in [-0.05, 0) is 56.8 Å². The van der Waals surface area contributed by atoms with Gasteiger partial charge >= 0.3 is 0 Å². The third-order valence-electron chi connectivity index (χ3n) is 8.08. The highest BCUT2D eigenvalue weighted by atomic mass is 32.2. The molecule has 1 aliphatic carbocycles. The van der Waals surface area contributed by atoms with Crippen molar-refractivity contribution >= 4 is 26.0 Å². The maximum atomic E-state index is 13.6. The average molecular weight is 448 g/mol. The van der Waals surface area contributed by atoms with Gasteiger partial charge in [0.2, 0.25) is 26.0 Å². The van der Waals surface area contributed by atoms with Crippen molar-refractivity contribution in [2.45, 2.75) is 45.4 Å². The van der Waals surface area contributed by atoms with E-state index in [1.165, 1.54) is 10.6 Å². The molecule has 3 aliphatic heterocycles. The summed E-state index contributed by atoms with van der Waals surface area (Å²) < 4.78 is 52.4. The van der Waals surface area contributed by atoms with Crippen molar-refractivity contribution in [2.75, 3.05) is 51.3 Å². The molecule has 8 nitrogen and oxygen atoms in total. The summed E-state index contributed by atoms with van der Waals surface area (Å²) >= 11 is 0. The van der Waals surface area contributed by atoms with Gasteiger partial charge in [0.25, 0.3) is 0 Å². The van der Waals surface area contributed by atoms with Crippen LogP contribution in [0.15, 0.2) is 0 Å². The van der Waals surface area contributed by atoms with Crippen molar-refractivity contribution in [3.05, 3.63) is 0 Å². The molecule has 2 atom stereocenters. The smallest absolute Gasteiger partial charge is 0.230 e. The Labute approximate surface area is 174 Å². The van der Waals surface area contributed by atoms with Gasteiger partial charge in [0.05, 0.1) is 17.4 Å². The van der Waals surface area contributed by atoms with Crippen LogP contribution in [0.1, 0.15) is 45.4 Å². The molecule has 10 heteroatoms. The lowest BCUT2D eigenvalue weighted by Gasteiger charge is -2.44. The molecule has 0 N–H and O–H groups in total. The van der Waals surface area contributed by atoms with Crippen LogP contribution in [0.4, 0.5) is 0 Å². The van der Waals surface area contributed by atoms with Gasteiger partial charge in [-0.3, -0.25) is 4.79 Å². The average Bonchev–Trinajstić information content (AvgIpc) is 3.39. The Kier molecular flexibility index (Phi) is 5.32. The van der Waals surface area contributed by atoms with Crippen LogP contribution in [0.3, 0.4) is 0 Å². The first-order valence-electron chi connectivity index (χ1n) is 10.8. The molecule has 0 aromatic carbocycles. The van der Waals surface area contributed by atoms with E-state index in [2.05, 4.69) is 0 Å². The summed E-state index contributed by atoms with van der Waals surface area (Å²) in [5.74, 6) is 0.207. The quantitative estimate of drug-likeness (QED) is 0.633. The highest BCUT2D eigenvalue weighted by Gasteiger charge is 2.66. The molecule has 1 amide bonds. The normalized spacial score (nSPS) is 33.4. The van der Waals surface area contributed by atoms with Crippen molar-refractivity contribution in [3.63, 3.8) is 0 Å². The van der Waals surface area contributed by atoms with Crippen LogP contribution in [0.25, 0.3) is 0 Å². The van der Waals surface area contributed by atoms with Crippen molar-refractivity contribution in [3.8, 4) is 0 Å². The van der Waals surface area contributed by atoms with E-state index in [0.717, 1.165) is 32.4 Å². The number of sulfonamides is 2. The molecule has 3 saturated heterocycles. The summed E-state index contributed by atoms with van der Waals surface area (Å²) in [6.07, 6.45) is 6.27. The second-order valence-electron chi connectivity index (χ2n) is 9.43. The number of hydrogen-bond acceptors (Lipinski definition) is 5. The van der Waals surface area contributed by atoms with E-state index in [0.29, 0.717) is 38.9 Å². The molecule has 29 heavy (non-hydrogen) atoms. The zero-order valence-corrected chi connectivity index (χ0v) is 19.1. The summed E-state index contributed by atoms with van der Waals surface area (Å²) in [5.41, 5.74) is -0.784. The van der Waals surface area contributed by atoms with Crippen LogP contribution < -0.4 is 0 Å². The number of piperidine rings is 1. The first-order chi connectivity index (χ1) is 13.5. The Morgan fingerprint density at radius 1 is 0.931 bits per heavy atom. The fourth-order valence-corrected chi connectivity index (χ4v) is 8.34. The molecule has 0 bridgehead atoms. The maximum Gasteiger partial charge on any atom is 0.230 e. The Morgan fingerprint density at radius 3 is 2.10 bits per heavy atom. The minimum atomic E-state index is -3.38. The Balaban J connectivity index is 1.63. The van der Waals surface area contributed by atoms with E-state index in [-0.39, 0.29) is 29.5 Å². The second kappa shape index (κ2) is 7.17. The Bertz CT molecular complexity index is 874. The largest absolute Gasteiger partial charge is 0.342 e. The van der Waals surface area contributed by atoms with Crippen LogP contribution in [0.5, 0.6) is 0 Å². The number of nitrogens with zero attached hydrogens (tertiary/aromatic N) is 3. The van der Waals surface area contributed by atoms with Gasteiger partial charge in [0.15, 0.2) is 0 Å². The zero-order valence-electron chi connectivity index (χ0n) is 17.5.